The van der Waals surface area contributed by atoms with Crippen LogP contribution in [0.1, 0.15) is 19.6 Å². The molecule has 17 heavy (non-hydrogen) atoms. The molecule has 0 bridgehead atoms. The standard InChI is InChI=1S/C13H16FNO2/c1-8(2)13(16,7-15)11-6-9-4-3-5-10(14)12(9)17-11/h3-6,8,16H,7,15H2,1-2H3. The second-order valence-corrected chi connectivity index (χ2v) is 4.55. The molecule has 0 radical (unpaired) electrons. The maximum Gasteiger partial charge on any atom is 0.170 e. The number of aliphatic hydroxyl groups is 1. The molecule has 0 spiro atoms. The van der Waals surface area contributed by atoms with Crippen molar-refractivity contribution >= 4 is 11.0 Å². The van der Waals surface area contributed by atoms with Crippen LogP contribution in [0.15, 0.2) is 28.7 Å². The van der Waals surface area contributed by atoms with Crippen LogP contribution in [-0.2, 0) is 5.60 Å². The summed E-state index contributed by atoms with van der Waals surface area (Å²) in [5, 5.41) is 11.1. The highest BCUT2D eigenvalue weighted by Gasteiger charge is 2.35. The van der Waals surface area contributed by atoms with Crippen molar-refractivity contribution in [2.24, 2.45) is 11.7 Å². The highest BCUT2D eigenvalue weighted by Crippen LogP contribution is 2.33. The summed E-state index contributed by atoms with van der Waals surface area (Å²) in [6.07, 6.45) is 0. The second kappa shape index (κ2) is 4.13. The lowest BCUT2D eigenvalue weighted by Crippen LogP contribution is -2.39. The summed E-state index contributed by atoms with van der Waals surface area (Å²) in [6, 6.07) is 6.31. The maximum absolute atomic E-state index is 13.5. The van der Waals surface area contributed by atoms with E-state index in [2.05, 4.69) is 0 Å². The van der Waals surface area contributed by atoms with Crippen molar-refractivity contribution in [3.63, 3.8) is 0 Å². The smallest absolute Gasteiger partial charge is 0.170 e. The van der Waals surface area contributed by atoms with E-state index in [4.69, 9.17) is 10.2 Å². The Morgan fingerprint density at radius 3 is 2.71 bits per heavy atom. The van der Waals surface area contributed by atoms with E-state index in [0.717, 1.165) is 0 Å². The van der Waals surface area contributed by atoms with E-state index in [1.54, 1.807) is 18.2 Å². The summed E-state index contributed by atoms with van der Waals surface area (Å²) in [6.45, 7) is 3.72. The van der Waals surface area contributed by atoms with Crippen LogP contribution in [-0.4, -0.2) is 11.7 Å². The Labute approximate surface area is 99.0 Å². The van der Waals surface area contributed by atoms with Gasteiger partial charge in [-0.3, -0.25) is 0 Å². The molecule has 1 aromatic heterocycles. The van der Waals surface area contributed by atoms with Gasteiger partial charge in [-0.05, 0) is 18.1 Å². The zero-order valence-corrected chi connectivity index (χ0v) is 9.90. The lowest BCUT2D eigenvalue weighted by Gasteiger charge is -2.28. The van der Waals surface area contributed by atoms with E-state index in [1.165, 1.54) is 6.07 Å². The van der Waals surface area contributed by atoms with Gasteiger partial charge in [0.15, 0.2) is 11.4 Å². The first-order valence-corrected chi connectivity index (χ1v) is 5.60. The van der Waals surface area contributed by atoms with Crippen molar-refractivity contribution in [1.29, 1.82) is 0 Å². The number of furan rings is 1. The molecule has 0 aliphatic carbocycles. The molecule has 0 aliphatic heterocycles. The number of benzene rings is 1. The van der Waals surface area contributed by atoms with Gasteiger partial charge in [-0.1, -0.05) is 26.0 Å². The molecular formula is C13H16FNO2. The minimum atomic E-state index is -1.26. The van der Waals surface area contributed by atoms with Gasteiger partial charge in [0.1, 0.15) is 11.4 Å². The largest absolute Gasteiger partial charge is 0.455 e. The Kier molecular flexibility index (Phi) is 2.93. The number of hydrogen-bond acceptors (Lipinski definition) is 3. The molecule has 3 nitrogen and oxygen atoms in total. The van der Waals surface area contributed by atoms with Crippen molar-refractivity contribution in [3.05, 3.63) is 35.8 Å². The van der Waals surface area contributed by atoms with Crippen LogP contribution in [0, 0.1) is 11.7 Å². The van der Waals surface area contributed by atoms with Gasteiger partial charge < -0.3 is 15.3 Å². The fourth-order valence-corrected chi connectivity index (χ4v) is 1.86. The quantitative estimate of drug-likeness (QED) is 0.861. The van der Waals surface area contributed by atoms with E-state index < -0.39 is 11.4 Å². The Balaban J connectivity index is 2.60. The molecule has 0 saturated heterocycles. The molecule has 3 N–H and O–H groups in total. The summed E-state index contributed by atoms with van der Waals surface area (Å²) < 4.78 is 18.9. The molecular weight excluding hydrogens is 221 g/mol. The molecule has 1 atom stereocenters. The molecule has 92 valence electrons. The molecule has 0 amide bonds. The fourth-order valence-electron chi connectivity index (χ4n) is 1.86. The summed E-state index contributed by atoms with van der Waals surface area (Å²) in [5.74, 6) is -0.233. The first kappa shape index (κ1) is 12.1. The van der Waals surface area contributed by atoms with Crippen molar-refractivity contribution in [3.8, 4) is 0 Å². The highest BCUT2D eigenvalue weighted by atomic mass is 19.1. The van der Waals surface area contributed by atoms with Crippen molar-refractivity contribution in [2.45, 2.75) is 19.4 Å². The predicted molar refractivity (Wildman–Crippen MR) is 64.0 cm³/mol. The van der Waals surface area contributed by atoms with Gasteiger partial charge in [0.2, 0.25) is 0 Å². The third-order valence-electron chi connectivity index (χ3n) is 3.19. The van der Waals surface area contributed by atoms with Gasteiger partial charge in [-0.15, -0.1) is 0 Å². The minimum Gasteiger partial charge on any atom is -0.455 e. The molecule has 2 aromatic rings. The first-order chi connectivity index (χ1) is 7.99. The lowest BCUT2D eigenvalue weighted by molar-refractivity contribution is -0.0195. The predicted octanol–water partition coefficient (Wildman–Crippen LogP) is 2.37. The van der Waals surface area contributed by atoms with E-state index in [9.17, 15) is 9.50 Å². The average molecular weight is 237 g/mol. The maximum atomic E-state index is 13.5. The zero-order valence-electron chi connectivity index (χ0n) is 9.90. The van der Waals surface area contributed by atoms with Gasteiger partial charge in [0, 0.05) is 11.9 Å². The van der Waals surface area contributed by atoms with Crippen molar-refractivity contribution in [1.82, 2.24) is 0 Å². The minimum absolute atomic E-state index is 0.0338. The third kappa shape index (κ3) is 1.83. The summed E-state index contributed by atoms with van der Waals surface area (Å²) in [4.78, 5) is 0. The second-order valence-electron chi connectivity index (χ2n) is 4.55. The molecule has 0 aliphatic rings. The van der Waals surface area contributed by atoms with Crippen molar-refractivity contribution in [2.75, 3.05) is 6.54 Å². The lowest BCUT2D eigenvalue weighted by atomic mass is 9.88. The Bertz CT molecular complexity index is 535. The monoisotopic (exact) mass is 237 g/mol. The molecule has 4 heteroatoms. The Hall–Kier alpha value is -1.39. The van der Waals surface area contributed by atoms with Crippen LogP contribution < -0.4 is 5.73 Å². The molecule has 0 fully saturated rings. The average Bonchev–Trinajstić information content (AvgIpc) is 2.73. The van der Waals surface area contributed by atoms with Crippen LogP contribution in [0.5, 0.6) is 0 Å². The van der Waals surface area contributed by atoms with Gasteiger partial charge >= 0.3 is 0 Å². The van der Waals surface area contributed by atoms with Crippen LogP contribution in [0.25, 0.3) is 11.0 Å². The summed E-state index contributed by atoms with van der Waals surface area (Å²) in [5.41, 5.74) is 4.50. The van der Waals surface area contributed by atoms with Gasteiger partial charge in [-0.2, -0.15) is 0 Å². The van der Waals surface area contributed by atoms with Gasteiger partial charge in [0.25, 0.3) is 0 Å². The van der Waals surface area contributed by atoms with Crippen molar-refractivity contribution < 1.29 is 13.9 Å². The fraction of sp³-hybridized carbons (Fsp3) is 0.385. The number of para-hydroxylation sites is 1. The van der Waals surface area contributed by atoms with E-state index in [0.29, 0.717) is 11.1 Å². The topological polar surface area (TPSA) is 59.4 Å². The molecule has 0 saturated carbocycles. The number of rotatable bonds is 3. The number of halogens is 1. The number of fused-ring (bicyclic) bond motifs is 1. The van der Waals surface area contributed by atoms with Crippen LogP contribution in [0.2, 0.25) is 0 Å². The molecule has 1 heterocycles. The Morgan fingerprint density at radius 2 is 2.18 bits per heavy atom. The van der Waals surface area contributed by atoms with Crippen LogP contribution in [0.3, 0.4) is 0 Å². The number of nitrogens with two attached hydrogens (primary N) is 1. The number of hydrogen-bond donors (Lipinski definition) is 2. The summed E-state index contributed by atoms with van der Waals surface area (Å²) >= 11 is 0. The molecule has 1 aromatic carbocycles. The van der Waals surface area contributed by atoms with Gasteiger partial charge in [0.05, 0.1) is 0 Å². The summed E-state index contributed by atoms with van der Waals surface area (Å²) in [7, 11) is 0. The first-order valence-electron chi connectivity index (χ1n) is 5.60. The van der Waals surface area contributed by atoms with Gasteiger partial charge in [-0.25, -0.2) is 4.39 Å². The third-order valence-corrected chi connectivity index (χ3v) is 3.19. The van der Waals surface area contributed by atoms with Crippen LogP contribution >= 0.6 is 0 Å². The Morgan fingerprint density at radius 1 is 1.47 bits per heavy atom. The van der Waals surface area contributed by atoms with E-state index >= 15 is 0 Å². The molecule has 2 rings (SSSR count). The SMILES string of the molecule is CC(C)C(O)(CN)c1cc2cccc(F)c2o1. The normalized spacial score (nSPS) is 15.4. The van der Waals surface area contributed by atoms with Crippen LogP contribution in [0.4, 0.5) is 4.39 Å². The highest BCUT2D eigenvalue weighted by molar-refractivity contribution is 5.78. The van der Waals surface area contributed by atoms with E-state index in [-0.39, 0.29) is 18.0 Å². The molecule has 1 unspecified atom stereocenters. The van der Waals surface area contributed by atoms with E-state index in [1.807, 2.05) is 13.8 Å². The zero-order chi connectivity index (χ0) is 12.6.